The lowest BCUT2D eigenvalue weighted by Crippen LogP contribution is -2.56. The van der Waals surface area contributed by atoms with Crippen molar-refractivity contribution >= 4 is 23.8 Å². The highest BCUT2D eigenvalue weighted by molar-refractivity contribution is 5.88. The highest BCUT2D eigenvalue weighted by Crippen LogP contribution is 2.30. The van der Waals surface area contributed by atoms with Gasteiger partial charge in [-0.05, 0) is 49.3 Å². The van der Waals surface area contributed by atoms with Crippen LogP contribution in [-0.2, 0) is 25.7 Å². The Balaban J connectivity index is 1.12. The number of piperidine rings is 1. The first-order valence-corrected chi connectivity index (χ1v) is 14.7. The van der Waals surface area contributed by atoms with Gasteiger partial charge in [0.2, 0.25) is 5.91 Å². The Morgan fingerprint density at radius 2 is 1.71 bits per heavy atom. The average molecular weight is 564 g/mol. The van der Waals surface area contributed by atoms with Gasteiger partial charge in [0.25, 0.3) is 0 Å². The molecular weight excluding hydrogens is 522 g/mol. The predicted octanol–water partition coefficient (Wildman–Crippen LogP) is 4.13. The highest BCUT2D eigenvalue weighted by atomic mass is 16.5. The molecule has 2 aromatic carbocycles. The van der Waals surface area contributed by atoms with Crippen molar-refractivity contribution in [3.8, 4) is 0 Å². The lowest BCUT2D eigenvalue weighted by Gasteiger charge is -2.36. The summed E-state index contributed by atoms with van der Waals surface area (Å²) in [7, 11) is 0. The quantitative estimate of drug-likeness (QED) is 0.313. The molecule has 9 nitrogen and oxygen atoms in total. The number of carbonyl (C=O) groups is 4. The van der Waals surface area contributed by atoms with Gasteiger partial charge in [0.1, 0.15) is 18.4 Å². The number of hydrogen-bond donors (Lipinski definition) is 3. The second-order valence-corrected chi connectivity index (χ2v) is 11.2. The molecule has 2 amide bonds. The summed E-state index contributed by atoms with van der Waals surface area (Å²) in [5.74, 6) is -1.74. The SMILES string of the molecule is O=C(CCCCCNC(=O)OCc1ccccc1)CC1CNC(C(=O)N2CC[C@H](c3ccccc3)C2)C(C(=O)O)C1. The van der Waals surface area contributed by atoms with Gasteiger partial charge in [-0.15, -0.1) is 0 Å². The molecular formula is C32H41N3O6. The fraction of sp³-hybridized carbons (Fsp3) is 0.500. The van der Waals surface area contributed by atoms with Crippen molar-refractivity contribution in [1.29, 1.82) is 0 Å². The van der Waals surface area contributed by atoms with Gasteiger partial charge in [-0.2, -0.15) is 0 Å². The highest BCUT2D eigenvalue weighted by Gasteiger charge is 2.42. The van der Waals surface area contributed by atoms with Crippen LogP contribution in [0.3, 0.4) is 0 Å². The molecule has 2 aliphatic heterocycles. The molecule has 4 atom stereocenters. The number of ketones is 1. The number of unbranched alkanes of at least 4 members (excludes halogenated alkanes) is 2. The van der Waals surface area contributed by atoms with Gasteiger partial charge in [0.15, 0.2) is 0 Å². The van der Waals surface area contributed by atoms with Gasteiger partial charge in [0.05, 0.1) is 5.92 Å². The van der Waals surface area contributed by atoms with E-state index in [1.165, 1.54) is 5.56 Å². The molecule has 41 heavy (non-hydrogen) atoms. The van der Waals surface area contributed by atoms with Crippen molar-refractivity contribution in [2.45, 2.75) is 63.5 Å². The van der Waals surface area contributed by atoms with E-state index in [0.29, 0.717) is 51.9 Å². The second-order valence-electron chi connectivity index (χ2n) is 11.2. The number of hydrogen-bond acceptors (Lipinski definition) is 6. The first kappa shape index (κ1) is 30.2. The minimum absolute atomic E-state index is 0.103. The molecule has 2 saturated heterocycles. The number of nitrogens with zero attached hydrogens (tertiary/aromatic N) is 1. The van der Waals surface area contributed by atoms with Crippen LogP contribution in [-0.4, -0.2) is 66.0 Å². The van der Waals surface area contributed by atoms with Crippen LogP contribution in [0.2, 0.25) is 0 Å². The number of carboxylic acid groups (broad SMARTS) is 1. The zero-order valence-corrected chi connectivity index (χ0v) is 23.5. The van der Waals surface area contributed by atoms with Crippen LogP contribution in [0.25, 0.3) is 0 Å². The monoisotopic (exact) mass is 563 g/mol. The Kier molecular flexibility index (Phi) is 11.3. The molecule has 4 rings (SSSR count). The Morgan fingerprint density at radius 3 is 2.44 bits per heavy atom. The maximum absolute atomic E-state index is 13.3. The third kappa shape index (κ3) is 9.14. The van der Waals surface area contributed by atoms with E-state index in [1.807, 2.05) is 48.5 Å². The molecule has 0 radical (unpaired) electrons. The zero-order chi connectivity index (χ0) is 29.0. The minimum atomic E-state index is -0.999. The predicted molar refractivity (Wildman–Crippen MR) is 154 cm³/mol. The lowest BCUT2D eigenvalue weighted by atomic mass is 9.81. The number of amides is 2. The molecule has 2 aromatic rings. The summed E-state index contributed by atoms with van der Waals surface area (Å²) in [6, 6.07) is 18.8. The molecule has 0 aromatic heterocycles. The molecule has 0 aliphatic carbocycles. The van der Waals surface area contributed by atoms with E-state index in [-0.39, 0.29) is 30.1 Å². The number of carbonyl (C=O) groups excluding carboxylic acids is 3. The summed E-state index contributed by atoms with van der Waals surface area (Å²) < 4.78 is 5.18. The summed E-state index contributed by atoms with van der Waals surface area (Å²) in [6.07, 6.45) is 3.69. The molecule has 0 bridgehead atoms. The van der Waals surface area contributed by atoms with Gasteiger partial charge in [-0.25, -0.2) is 4.79 Å². The van der Waals surface area contributed by atoms with Gasteiger partial charge in [-0.3, -0.25) is 14.4 Å². The molecule has 3 unspecified atom stereocenters. The minimum Gasteiger partial charge on any atom is -0.481 e. The van der Waals surface area contributed by atoms with E-state index in [2.05, 4.69) is 22.8 Å². The molecule has 2 aliphatic rings. The molecule has 0 spiro atoms. The van der Waals surface area contributed by atoms with E-state index >= 15 is 0 Å². The summed E-state index contributed by atoms with van der Waals surface area (Å²) in [5, 5.41) is 15.8. The molecule has 0 saturated carbocycles. The maximum atomic E-state index is 13.3. The second kappa shape index (κ2) is 15.3. The standard InChI is InChI=1S/C32H41N3O6/c36-27(14-8-3-9-16-33-32(40)41-22-23-10-4-1-5-11-23)18-24-19-28(31(38)39)29(34-20-24)30(37)35-17-15-26(21-35)25-12-6-2-7-13-25/h1-2,4-7,10-13,24,26,28-29,34H,3,8-9,14-22H2,(H,33,40)(H,38,39)/t24?,26-,28?,29?/m0/s1. The van der Waals surface area contributed by atoms with Crippen molar-refractivity contribution in [1.82, 2.24) is 15.5 Å². The first-order valence-electron chi connectivity index (χ1n) is 14.7. The number of likely N-dealkylation sites (tertiary alicyclic amines) is 1. The van der Waals surface area contributed by atoms with E-state index in [1.54, 1.807) is 4.90 Å². The van der Waals surface area contributed by atoms with Crippen LogP contribution in [0.4, 0.5) is 4.79 Å². The van der Waals surface area contributed by atoms with E-state index < -0.39 is 24.0 Å². The molecule has 2 heterocycles. The van der Waals surface area contributed by atoms with Crippen molar-refractivity contribution in [2.24, 2.45) is 11.8 Å². The number of carboxylic acids is 1. The third-order valence-corrected chi connectivity index (χ3v) is 8.10. The van der Waals surface area contributed by atoms with Gasteiger partial charge in [-0.1, -0.05) is 67.1 Å². The largest absolute Gasteiger partial charge is 0.481 e. The van der Waals surface area contributed by atoms with Gasteiger partial charge < -0.3 is 25.4 Å². The van der Waals surface area contributed by atoms with Crippen LogP contribution >= 0.6 is 0 Å². The van der Waals surface area contributed by atoms with Gasteiger partial charge >= 0.3 is 12.1 Å². The zero-order valence-electron chi connectivity index (χ0n) is 23.5. The van der Waals surface area contributed by atoms with E-state index in [0.717, 1.165) is 24.8 Å². The van der Waals surface area contributed by atoms with Crippen molar-refractivity contribution in [3.63, 3.8) is 0 Å². The van der Waals surface area contributed by atoms with Crippen LogP contribution in [0.1, 0.15) is 62.0 Å². The van der Waals surface area contributed by atoms with Crippen molar-refractivity contribution in [2.75, 3.05) is 26.2 Å². The summed E-state index contributed by atoms with van der Waals surface area (Å²) in [6.45, 7) is 2.38. The summed E-state index contributed by atoms with van der Waals surface area (Å²) in [5.41, 5.74) is 2.13. The molecule has 9 heteroatoms. The lowest BCUT2D eigenvalue weighted by molar-refractivity contribution is -0.150. The number of Topliss-reactive ketones (excluding diaryl/α,β-unsaturated/α-hetero) is 1. The fourth-order valence-corrected chi connectivity index (χ4v) is 5.84. The van der Waals surface area contributed by atoms with Gasteiger partial charge in [0, 0.05) is 38.4 Å². The Labute approximate surface area is 241 Å². The number of benzene rings is 2. The average Bonchev–Trinajstić information content (AvgIpc) is 3.49. The molecule has 220 valence electrons. The number of alkyl carbamates (subject to hydrolysis) is 1. The van der Waals surface area contributed by atoms with Crippen LogP contribution < -0.4 is 10.6 Å². The van der Waals surface area contributed by atoms with Crippen LogP contribution in [0.5, 0.6) is 0 Å². The van der Waals surface area contributed by atoms with Crippen molar-refractivity contribution < 1.29 is 29.0 Å². The Hall–Kier alpha value is -3.72. The van der Waals surface area contributed by atoms with Crippen molar-refractivity contribution in [3.05, 3.63) is 71.8 Å². The number of ether oxygens (including phenoxy) is 1. The smallest absolute Gasteiger partial charge is 0.407 e. The number of rotatable bonds is 13. The summed E-state index contributed by atoms with van der Waals surface area (Å²) in [4.78, 5) is 51.6. The Morgan fingerprint density at radius 1 is 0.976 bits per heavy atom. The Bertz CT molecular complexity index is 1160. The third-order valence-electron chi connectivity index (χ3n) is 8.10. The number of nitrogens with one attached hydrogen (secondary N) is 2. The van der Waals surface area contributed by atoms with Crippen LogP contribution in [0.15, 0.2) is 60.7 Å². The van der Waals surface area contributed by atoms with Crippen LogP contribution in [0, 0.1) is 11.8 Å². The van der Waals surface area contributed by atoms with E-state index in [4.69, 9.17) is 4.74 Å². The number of aliphatic carboxylic acids is 1. The van der Waals surface area contributed by atoms with E-state index in [9.17, 15) is 24.3 Å². The summed E-state index contributed by atoms with van der Waals surface area (Å²) >= 11 is 0. The normalized spacial score (nSPS) is 22.2. The fourth-order valence-electron chi connectivity index (χ4n) is 5.84. The topological polar surface area (TPSA) is 125 Å². The maximum Gasteiger partial charge on any atom is 0.407 e. The molecule has 3 N–H and O–H groups in total. The molecule has 2 fully saturated rings. The first-order chi connectivity index (χ1) is 19.9.